The lowest BCUT2D eigenvalue weighted by molar-refractivity contribution is -0.535. The second-order valence-electron chi connectivity index (χ2n) is 4.97. The monoisotopic (exact) mass is 524 g/mol. The largest absolute Gasteiger partial charge is 0.462 e. The van der Waals surface area contributed by atoms with Gasteiger partial charge in [-0.3, -0.25) is 4.74 Å². The van der Waals surface area contributed by atoms with Gasteiger partial charge in [-0.25, -0.2) is 4.39 Å². The van der Waals surface area contributed by atoms with Gasteiger partial charge < -0.3 is 9.47 Å². The average molecular weight is 524 g/mol. The van der Waals surface area contributed by atoms with Gasteiger partial charge in [0, 0.05) is 0 Å². The molecule has 0 aromatic rings. The minimum absolute atomic E-state index is 0.302. The molecule has 3 nitrogen and oxygen atoms in total. The Kier molecular flexibility index (Phi) is 10.8. The van der Waals surface area contributed by atoms with E-state index in [9.17, 15) is 74.6 Å². The highest BCUT2D eigenvalue weighted by atomic mass is 19.4. The van der Waals surface area contributed by atoms with Gasteiger partial charge in [-0.15, -0.1) is 6.58 Å². The summed E-state index contributed by atoms with van der Waals surface area (Å²) in [5, 5.41) is 0. The molecule has 0 rings (SSSR count). The number of hydrogen-bond acceptors (Lipinski definition) is 3. The molecule has 0 saturated heterocycles. The first-order valence-electron chi connectivity index (χ1n) is 6.94. The predicted molar refractivity (Wildman–Crippen MR) is 66.0 cm³/mol. The highest BCUT2D eigenvalue weighted by Gasteiger charge is 2.83. The van der Waals surface area contributed by atoms with Crippen molar-refractivity contribution in [3.63, 3.8) is 0 Å². The Labute approximate surface area is 165 Å². The normalized spacial score (nSPS) is 16.2. The Balaban J connectivity index is 0. The van der Waals surface area contributed by atoms with Crippen LogP contribution in [-0.4, -0.2) is 62.6 Å². The quantitative estimate of drug-likeness (QED) is 0.201. The summed E-state index contributed by atoms with van der Waals surface area (Å²) in [5.41, 5.74) is 0. The van der Waals surface area contributed by atoms with Crippen LogP contribution in [0.4, 0.5) is 74.6 Å². The molecule has 0 aromatic carbocycles. The van der Waals surface area contributed by atoms with Crippen molar-refractivity contribution in [2.45, 2.75) is 42.5 Å². The molecule has 194 valence electrons. The van der Waals surface area contributed by atoms with Crippen molar-refractivity contribution in [2.24, 2.45) is 0 Å². The fraction of sp³-hybridized carbons (Fsp3) is 0.833. The van der Waals surface area contributed by atoms with Crippen molar-refractivity contribution in [2.75, 3.05) is 20.1 Å². The van der Waals surface area contributed by atoms with Crippen LogP contribution in [-0.2, 0) is 14.2 Å². The first-order chi connectivity index (χ1) is 13.8. The van der Waals surface area contributed by atoms with Crippen molar-refractivity contribution in [1.82, 2.24) is 0 Å². The Bertz CT molecular complexity index is 579. The number of halogens is 17. The van der Waals surface area contributed by atoms with Crippen LogP contribution in [0.25, 0.3) is 0 Å². The molecule has 0 aromatic heterocycles. The molecule has 0 saturated carbocycles. The summed E-state index contributed by atoms with van der Waals surface area (Å²) in [4.78, 5) is 0. The number of hydrogen-bond donors (Lipinski definition) is 0. The molecule has 20 heteroatoms. The third-order valence-electron chi connectivity index (χ3n) is 2.46. The highest BCUT2D eigenvalue weighted by Crippen LogP contribution is 2.55. The van der Waals surface area contributed by atoms with Gasteiger partial charge in [0.15, 0.2) is 6.86 Å². The molecule has 0 aliphatic carbocycles. The van der Waals surface area contributed by atoms with E-state index in [1.807, 2.05) is 0 Å². The molecule has 1 unspecified atom stereocenters. The smallest absolute Gasteiger partial charge is 0.346 e. The predicted octanol–water partition coefficient (Wildman–Crippen LogP) is 6.31. The van der Waals surface area contributed by atoms with Gasteiger partial charge in [-0.05, 0) is 0 Å². The Morgan fingerprint density at radius 3 is 1.34 bits per heavy atom. The first-order valence-corrected chi connectivity index (χ1v) is 6.94. The molecule has 1 atom stereocenters. The zero-order valence-corrected chi connectivity index (χ0v) is 14.6. The van der Waals surface area contributed by atoms with Gasteiger partial charge >= 0.3 is 42.5 Å². The van der Waals surface area contributed by atoms with Crippen LogP contribution in [0.2, 0.25) is 0 Å². The summed E-state index contributed by atoms with van der Waals surface area (Å²) in [6.07, 6.45) is -34.1. The van der Waals surface area contributed by atoms with Gasteiger partial charge in [0.2, 0.25) is 0 Å². The van der Waals surface area contributed by atoms with E-state index in [1.54, 1.807) is 0 Å². The van der Waals surface area contributed by atoms with E-state index in [2.05, 4.69) is 16.1 Å². The second-order valence-corrected chi connectivity index (χ2v) is 4.97. The van der Waals surface area contributed by atoms with E-state index in [-0.39, 0.29) is 0 Å². The highest BCUT2D eigenvalue weighted by molar-refractivity contribution is 4.93. The Morgan fingerprint density at radius 2 is 1.09 bits per heavy atom. The SMILES string of the molecule is C=CCOCF.FC(F)(F)COC(F)(F)C(F)(OC(F)(F)C(F)(F)C(F)(F)F)C(F)(F)F. The summed E-state index contributed by atoms with van der Waals surface area (Å²) in [6, 6.07) is 0. The van der Waals surface area contributed by atoms with E-state index >= 15 is 0 Å². The number of rotatable bonds is 9. The molecule has 0 aliphatic heterocycles. The second kappa shape index (κ2) is 10.6. The van der Waals surface area contributed by atoms with Gasteiger partial charge in [0.25, 0.3) is 0 Å². The van der Waals surface area contributed by atoms with Gasteiger partial charge in [-0.1, -0.05) is 6.08 Å². The molecule has 0 spiro atoms. The lowest BCUT2D eigenvalue weighted by Crippen LogP contribution is -2.65. The molecule has 0 radical (unpaired) electrons. The lowest BCUT2D eigenvalue weighted by Gasteiger charge is -2.38. The van der Waals surface area contributed by atoms with Crippen LogP contribution >= 0.6 is 0 Å². The van der Waals surface area contributed by atoms with Crippen molar-refractivity contribution in [3.05, 3.63) is 12.7 Å². The van der Waals surface area contributed by atoms with Crippen LogP contribution in [0.5, 0.6) is 0 Å². The van der Waals surface area contributed by atoms with E-state index in [4.69, 9.17) is 0 Å². The molecule has 0 heterocycles. The Morgan fingerprint density at radius 1 is 0.656 bits per heavy atom. The summed E-state index contributed by atoms with van der Waals surface area (Å²) < 4.78 is 215. The molecule has 0 bridgehead atoms. The van der Waals surface area contributed by atoms with Gasteiger partial charge in [0.05, 0.1) is 6.61 Å². The Hall–Kier alpha value is -1.57. The van der Waals surface area contributed by atoms with Crippen LogP contribution in [0.15, 0.2) is 12.7 Å². The summed E-state index contributed by atoms with van der Waals surface area (Å²) in [7, 11) is 0. The van der Waals surface area contributed by atoms with Crippen molar-refractivity contribution in [3.8, 4) is 0 Å². The standard InChI is InChI=1S/C8H2F16O2.C4H7FO/c9-2(10,11)1-25-8(23,24)4(14,6(18,19)20)26-7(21,22)3(12,13)5(15,16)17;1-2-3-6-4-5/h1H2;2H,1,3-4H2. The molecule has 0 amide bonds. The zero-order valence-electron chi connectivity index (χ0n) is 14.6. The molecular formula is C12H9F17O3. The summed E-state index contributed by atoms with van der Waals surface area (Å²) in [5.74, 6) is -15.2. The van der Waals surface area contributed by atoms with Crippen LogP contribution in [0, 0.1) is 0 Å². The summed E-state index contributed by atoms with van der Waals surface area (Å²) >= 11 is 0. The van der Waals surface area contributed by atoms with E-state index in [1.165, 1.54) is 10.8 Å². The lowest BCUT2D eigenvalue weighted by atomic mass is 10.2. The third kappa shape index (κ3) is 8.41. The maximum atomic E-state index is 13.3. The van der Waals surface area contributed by atoms with Gasteiger partial charge in [-0.2, -0.15) is 70.2 Å². The maximum Gasteiger partial charge on any atom is 0.462 e. The van der Waals surface area contributed by atoms with Crippen LogP contribution in [0.1, 0.15) is 0 Å². The van der Waals surface area contributed by atoms with E-state index in [0.717, 1.165) is 0 Å². The third-order valence-corrected chi connectivity index (χ3v) is 2.46. The zero-order chi connectivity index (χ0) is 26.4. The average Bonchev–Trinajstić information content (AvgIpc) is 2.55. The number of alkyl halides is 17. The molecular weight excluding hydrogens is 515 g/mol. The van der Waals surface area contributed by atoms with E-state index < -0.39 is 56.0 Å². The van der Waals surface area contributed by atoms with Crippen LogP contribution in [0.3, 0.4) is 0 Å². The fourth-order valence-electron chi connectivity index (χ4n) is 1.08. The van der Waals surface area contributed by atoms with Crippen molar-refractivity contribution in [1.29, 1.82) is 0 Å². The minimum Gasteiger partial charge on any atom is -0.346 e. The molecule has 32 heavy (non-hydrogen) atoms. The number of ether oxygens (including phenoxy) is 3. The molecule has 0 aliphatic rings. The molecule has 0 fully saturated rings. The minimum atomic E-state index is -7.65. The van der Waals surface area contributed by atoms with E-state index in [0.29, 0.717) is 6.61 Å². The van der Waals surface area contributed by atoms with Crippen molar-refractivity contribution < 1.29 is 88.8 Å². The van der Waals surface area contributed by atoms with Crippen molar-refractivity contribution >= 4 is 0 Å². The van der Waals surface area contributed by atoms with Gasteiger partial charge in [0.1, 0.15) is 6.61 Å². The fourth-order valence-corrected chi connectivity index (χ4v) is 1.08. The summed E-state index contributed by atoms with van der Waals surface area (Å²) in [6.45, 7) is -0.546. The first kappa shape index (κ1) is 32.6. The maximum absolute atomic E-state index is 13.3. The topological polar surface area (TPSA) is 27.7 Å². The van der Waals surface area contributed by atoms with Crippen LogP contribution < -0.4 is 0 Å². The molecule has 0 N–H and O–H groups in total.